The zero-order chi connectivity index (χ0) is 7.44. The summed E-state index contributed by atoms with van der Waals surface area (Å²) in [4.78, 5) is 9.96. The highest BCUT2D eigenvalue weighted by Crippen LogP contribution is 1.99. The van der Waals surface area contributed by atoms with Gasteiger partial charge in [-0.1, -0.05) is 6.58 Å². The van der Waals surface area contributed by atoms with Crippen LogP contribution in [0.5, 0.6) is 0 Å². The minimum Gasteiger partial charge on any atom is -0.478 e. The van der Waals surface area contributed by atoms with E-state index in [4.69, 9.17) is 5.11 Å². The maximum Gasteiger partial charge on any atom is 0.331 e. The molecular weight excluding hydrogens is 123 g/mol. The van der Waals surface area contributed by atoms with Gasteiger partial charge in [0.05, 0.1) is 0 Å². The average Bonchev–Trinajstić information content (AvgIpc) is 1.63. The van der Waals surface area contributed by atoms with Gasteiger partial charge in [-0.2, -0.15) is 0 Å². The molecule has 0 heterocycles. The summed E-state index contributed by atoms with van der Waals surface area (Å²) in [5.74, 6) is -1.87. The molecule has 0 aliphatic heterocycles. The molecule has 1 N–H and O–H groups in total. The number of carboxylic acid groups (broad SMARTS) is 1. The molecule has 0 spiro atoms. The monoisotopic (exact) mass is 130 g/mol. The Labute approximate surface area is 52.3 Å². The third-order valence-electron chi connectivity index (χ3n) is 0.710. The van der Waals surface area contributed by atoms with Crippen LogP contribution in [0, 0.1) is 0 Å². The van der Waals surface area contributed by atoms with Crippen LogP contribution in [0.1, 0.15) is 6.92 Å². The fourth-order valence-corrected chi connectivity index (χ4v) is 0.297. The first-order valence-electron chi connectivity index (χ1n) is 2.30. The summed E-state index contributed by atoms with van der Waals surface area (Å²) in [7, 11) is 0. The molecule has 0 aliphatic carbocycles. The molecule has 0 saturated carbocycles. The van der Waals surface area contributed by atoms with Crippen molar-refractivity contribution in [2.75, 3.05) is 0 Å². The van der Waals surface area contributed by atoms with Crippen LogP contribution >= 0.6 is 0 Å². The molecule has 0 amide bonds. The Balaban J connectivity index is 4.17. The summed E-state index contributed by atoms with van der Waals surface area (Å²) < 4.78 is 11.8. The van der Waals surface area contributed by atoms with Crippen molar-refractivity contribution in [2.24, 2.45) is 0 Å². The molecular formula is C6H7FO2. The largest absolute Gasteiger partial charge is 0.478 e. The van der Waals surface area contributed by atoms with Gasteiger partial charge in [-0.15, -0.1) is 0 Å². The molecule has 0 fully saturated rings. The molecule has 0 saturated heterocycles. The fraction of sp³-hybridized carbons (Fsp3) is 0.167. The number of rotatable bonds is 2. The normalized spacial score (nSPS) is 11.1. The second-order valence-corrected chi connectivity index (χ2v) is 1.58. The van der Waals surface area contributed by atoms with Gasteiger partial charge in [0.15, 0.2) is 0 Å². The predicted molar refractivity (Wildman–Crippen MR) is 31.6 cm³/mol. The standard InChI is InChI=1S/C6H7FO2/c1-4(6(8)9)3-5(2)7/h3H,2H2,1H3,(H,8,9). The molecule has 2 nitrogen and oxygen atoms in total. The van der Waals surface area contributed by atoms with E-state index < -0.39 is 11.8 Å². The van der Waals surface area contributed by atoms with Crippen molar-refractivity contribution in [3.63, 3.8) is 0 Å². The lowest BCUT2D eigenvalue weighted by Crippen LogP contribution is -1.95. The summed E-state index contributed by atoms with van der Waals surface area (Å²) in [6.07, 6.45) is 0.863. The highest BCUT2D eigenvalue weighted by atomic mass is 19.1. The number of hydrogen-bond donors (Lipinski definition) is 1. The molecule has 50 valence electrons. The van der Waals surface area contributed by atoms with Crippen molar-refractivity contribution in [2.45, 2.75) is 6.92 Å². The molecule has 0 aliphatic rings. The second-order valence-electron chi connectivity index (χ2n) is 1.58. The van der Waals surface area contributed by atoms with Crippen LogP contribution in [0.15, 0.2) is 24.1 Å². The van der Waals surface area contributed by atoms with Crippen molar-refractivity contribution >= 4 is 5.97 Å². The maximum atomic E-state index is 11.8. The first kappa shape index (κ1) is 7.88. The number of hydrogen-bond acceptors (Lipinski definition) is 1. The first-order chi connectivity index (χ1) is 4.04. The van der Waals surface area contributed by atoms with Crippen molar-refractivity contribution < 1.29 is 14.3 Å². The van der Waals surface area contributed by atoms with Crippen molar-refractivity contribution in [3.8, 4) is 0 Å². The summed E-state index contributed by atoms with van der Waals surface area (Å²) >= 11 is 0. The van der Waals surface area contributed by atoms with Crippen LogP contribution in [0.3, 0.4) is 0 Å². The Hall–Kier alpha value is -1.12. The van der Waals surface area contributed by atoms with Crippen LogP contribution in [-0.4, -0.2) is 11.1 Å². The van der Waals surface area contributed by atoms with Gasteiger partial charge in [0.1, 0.15) is 5.83 Å². The van der Waals surface area contributed by atoms with E-state index in [2.05, 4.69) is 6.58 Å². The minimum atomic E-state index is -1.13. The van der Waals surface area contributed by atoms with Gasteiger partial charge in [0.2, 0.25) is 0 Å². The molecule has 3 heteroatoms. The van der Waals surface area contributed by atoms with Crippen molar-refractivity contribution in [1.82, 2.24) is 0 Å². The van der Waals surface area contributed by atoms with Gasteiger partial charge in [-0.3, -0.25) is 0 Å². The topological polar surface area (TPSA) is 37.3 Å². The summed E-state index contributed by atoms with van der Waals surface area (Å²) in [5.41, 5.74) is -0.0532. The maximum absolute atomic E-state index is 11.8. The van der Waals surface area contributed by atoms with Gasteiger partial charge < -0.3 is 5.11 Å². The van der Waals surface area contributed by atoms with Gasteiger partial charge >= 0.3 is 5.97 Å². The Morgan fingerprint density at radius 2 is 2.22 bits per heavy atom. The van der Waals surface area contributed by atoms with E-state index in [-0.39, 0.29) is 5.57 Å². The minimum absolute atomic E-state index is 0.0532. The van der Waals surface area contributed by atoms with E-state index >= 15 is 0 Å². The number of halogens is 1. The van der Waals surface area contributed by atoms with Gasteiger partial charge in [0, 0.05) is 5.57 Å². The lowest BCUT2D eigenvalue weighted by molar-refractivity contribution is -0.132. The summed E-state index contributed by atoms with van der Waals surface area (Å²) in [6, 6.07) is 0. The number of carboxylic acids is 1. The van der Waals surface area contributed by atoms with Crippen LogP contribution in [0.2, 0.25) is 0 Å². The van der Waals surface area contributed by atoms with E-state index in [9.17, 15) is 9.18 Å². The number of aliphatic carboxylic acids is 1. The summed E-state index contributed by atoms with van der Waals surface area (Å²) in [6.45, 7) is 4.17. The van der Waals surface area contributed by atoms with E-state index in [0.717, 1.165) is 6.08 Å². The van der Waals surface area contributed by atoms with Crippen molar-refractivity contribution in [1.29, 1.82) is 0 Å². The van der Waals surface area contributed by atoms with Crippen LogP contribution < -0.4 is 0 Å². The smallest absolute Gasteiger partial charge is 0.331 e. The molecule has 9 heavy (non-hydrogen) atoms. The zero-order valence-corrected chi connectivity index (χ0v) is 5.02. The predicted octanol–water partition coefficient (Wildman–Crippen LogP) is 1.50. The van der Waals surface area contributed by atoms with Crippen LogP contribution in [0.25, 0.3) is 0 Å². The molecule has 0 rings (SSSR count). The average molecular weight is 130 g/mol. The fourth-order valence-electron chi connectivity index (χ4n) is 0.297. The van der Waals surface area contributed by atoms with Gasteiger partial charge in [-0.05, 0) is 13.0 Å². The van der Waals surface area contributed by atoms with E-state index in [0.29, 0.717) is 0 Å². The molecule has 0 aromatic rings. The Kier molecular flexibility index (Phi) is 2.64. The van der Waals surface area contributed by atoms with E-state index in [1.54, 1.807) is 0 Å². The van der Waals surface area contributed by atoms with E-state index in [1.165, 1.54) is 6.92 Å². The van der Waals surface area contributed by atoms with E-state index in [1.807, 2.05) is 0 Å². The Morgan fingerprint density at radius 3 is 2.33 bits per heavy atom. The Bertz CT molecular complexity index is 170. The summed E-state index contributed by atoms with van der Waals surface area (Å²) in [5, 5.41) is 8.15. The second kappa shape index (κ2) is 3.02. The molecule has 0 aromatic carbocycles. The SMILES string of the molecule is C=C(F)C=C(C)C(=O)O. The zero-order valence-electron chi connectivity index (χ0n) is 5.02. The van der Waals surface area contributed by atoms with Crippen LogP contribution in [-0.2, 0) is 4.79 Å². The Morgan fingerprint density at radius 1 is 1.78 bits per heavy atom. The quantitative estimate of drug-likeness (QED) is 0.454. The molecule has 0 aromatic heterocycles. The molecule has 0 unspecified atom stereocenters. The highest BCUT2D eigenvalue weighted by molar-refractivity contribution is 5.86. The molecule has 0 atom stereocenters. The molecule has 0 bridgehead atoms. The van der Waals surface area contributed by atoms with Crippen LogP contribution in [0.4, 0.5) is 4.39 Å². The number of carbonyl (C=O) groups is 1. The first-order valence-corrected chi connectivity index (χ1v) is 2.30. The van der Waals surface area contributed by atoms with Gasteiger partial charge in [0.25, 0.3) is 0 Å². The third-order valence-corrected chi connectivity index (χ3v) is 0.710. The lowest BCUT2D eigenvalue weighted by Gasteiger charge is -1.87. The third kappa shape index (κ3) is 3.46. The number of allylic oxidation sites excluding steroid dienone is 2. The lowest BCUT2D eigenvalue weighted by atomic mass is 10.3. The highest BCUT2D eigenvalue weighted by Gasteiger charge is 1.98. The van der Waals surface area contributed by atoms with Gasteiger partial charge in [-0.25, -0.2) is 9.18 Å². The van der Waals surface area contributed by atoms with Crippen molar-refractivity contribution in [3.05, 3.63) is 24.1 Å². The molecule has 0 radical (unpaired) electrons.